The molecular formula is C48H31N5. The molecule has 0 spiro atoms. The van der Waals surface area contributed by atoms with Crippen LogP contribution >= 0.6 is 0 Å². The van der Waals surface area contributed by atoms with Gasteiger partial charge in [0.05, 0.1) is 57.3 Å². The zero-order valence-electron chi connectivity index (χ0n) is 29.2. The second-order valence-corrected chi connectivity index (χ2v) is 14.0. The summed E-state index contributed by atoms with van der Waals surface area (Å²) in [7, 11) is 0. The van der Waals surface area contributed by atoms with Crippen LogP contribution in [-0.2, 0) is 5.41 Å². The fourth-order valence-corrected chi connectivity index (χ4v) is 8.22. The lowest BCUT2D eigenvalue weighted by Crippen LogP contribution is -2.30. The molecule has 1 aliphatic rings. The molecule has 248 valence electrons. The fraction of sp³-hybridized carbons (Fsp3) is 0.0625. The molecule has 0 amide bonds. The second-order valence-electron chi connectivity index (χ2n) is 14.0. The number of aromatic nitrogens is 1. The minimum atomic E-state index is -0.205. The molecule has 0 aliphatic carbocycles. The van der Waals surface area contributed by atoms with Gasteiger partial charge in [-0.25, -0.2) is 0 Å². The number of nitriles is 3. The Kier molecular flexibility index (Phi) is 7.23. The summed E-state index contributed by atoms with van der Waals surface area (Å²) in [6.07, 6.45) is 0. The summed E-state index contributed by atoms with van der Waals surface area (Å²) in [5.74, 6) is 0. The lowest BCUT2D eigenvalue weighted by molar-refractivity contribution is 0.632. The molecule has 5 heteroatoms. The van der Waals surface area contributed by atoms with Gasteiger partial charge < -0.3 is 9.47 Å². The smallest absolute Gasteiger partial charge is 0.0999 e. The molecule has 0 saturated carbocycles. The van der Waals surface area contributed by atoms with E-state index in [1.165, 1.54) is 21.9 Å². The van der Waals surface area contributed by atoms with Gasteiger partial charge in [0.2, 0.25) is 0 Å². The molecule has 0 atom stereocenters. The Morgan fingerprint density at radius 1 is 0.472 bits per heavy atom. The van der Waals surface area contributed by atoms with Gasteiger partial charge in [-0.1, -0.05) is 105 Å². The van der Waals surface area contributed by atoms with Crippen LogP contribution in [0.2, 0.25) is 0 Å². The Morgan fingerprint density at radius 2 is 1.00 bits per heavy atom. The summed E-state index contributed by atoms with van der Waals surface area (Å²) in [5.41, 5.74) is 12.8. The first-order valence-corrected chi connectivity index (χ1v) is 17.5. The van der Waals surface area contributed by atoms with E-state index < -0.39 is 0 Å². The maximum atomic E-state index is 10.1. The van der Waals surface area contributed by atoms with Crippen LogP contribution in [0.1, 0.15) is 41.7 Å². The molecule has 8 aromatic rings. The zero-order chi connectivity index (χ0) is 36.3. The second kappa shape index (κ2) is 12.1. The van der Waals surface area contributed by atoms with Crippen molar-refractivity contribution in [2.24, 2.45) is 0 Å². The third kappa shape index (κ3) is 4.90. The monoisotopic (exact) mass is 677 g/mol. The van der Waals surface area contributed by atoms with E-state index in [9.17, 15) is 15.8 Å². The van der Waals surface area contributed by atoms with Crippen LogP contribution in [0.5, 0.6) is 0 Å². The first-order valence-electron chi connectivity index (χ1n) is 17.5. The van der Waals surface area contributed by atoms with Crippen LogP contribution in [0.15, 0.2) is 152 Å². The van der Waals surface area contributed by atoms with Gasteiger partial charge in [-0.2, -0.15) is 15.8 Å². The van der Waals surface area contributed by atoms with Crippen LogP contribution in [0.3, 0.4) is 0 Å². The van der Waals surface area contributed by atoms with Gasteiger partial charge in [0, 0.05) is 33.1 Å². The van der Waals surface area contributed by atoms with Crippen molar-refractivity contribution in [3.63, 3.8) is 0 Å². The first-order chi connectivity index (χ1) is 25.9. The Balaban J connectivity index is 1.34. The summed E-state index contributed by atoms with van der Waals surface area (Å²) in [6.45, 7) is 4.59. The Labute approximate surface area is 308 Å². The van der Waals surface area contributed by atoms with Gasteiger partial charge in [0.25, 0.3) is 0 Å². The highest BCUT2D eigenvalue weighted by molar-refractivity contribution is 6.09. The number of fused-ring (bicyclic) bond motifs is 5. The number of para-hydroxylation sites is 4. The molecule has 0 saturated heterocycles. The van der Waals surface area contributed by atoms with Gasteiger partial charge in [0.1, 0.15) is 0 Å². The van der Waals surface area contributed by atoms with Gasteiger partial charge >= 0.3 is 0 Å². The minimum Gasteiger partial charge on any atom is -0.310 e. The number of anilines is 3. The lowest BCUT2D eigenvalue weighted by atomic mass is 9.73. The summed E-state index contributed by atoms with van der Waals surface area (Å²) in [6, 6.07) is 58.8. The highest BCUT2D eigenvalue weighted by Gasteiger charge is 2.36. The maximum absolute atomic E-state index is 10.1. The normalized spacial score (nSPS) is 12.8. The molecule has 0 N–H and O–H groups in total. The van der Waals surface area contributed by atoms with Crippen LogP contribution in [0.4, 0.5) is 17.1 Å². The van der Waals surface area contributed by atoms with Crippen molar-refractivity contribution in [2.45, 2.75) is 19.3 Å². The summed E-state index contributed by atoms with van der Waals surface area (Å²) in [5, 5.41) is 32.2. The lowest BCUT2D eigenvalue weighted by Gasteiger charge is -2.42. The van der Waals surface area contributed by atoms with Crippen molar-refractivity contribution >= 4 is 38.9 Å². The largest absolute Gasteiger partial charge is 0.310 e. The van der Waals surface area contributed by atoms with E-state index in [1.807, 2.05) is 18.2 Å². The molecule has 53 heavy (non-hydrogen) atoms. The third-order valence-corrected chi connectivity index (χ3v) is 10.6. The molecule has 2 heterocycles. The average molecular weight is 678 g/mol. The Morgan fingerprint density at radius 3 is 1.58 bits per heavy atom. The summed E-state index contributed by atoms with van der Waals surface area (Å²) in [4.78, 5) is 2.38. The van der Waals surface area contributed by atoms with E-state index in [0.29, 0.717) is 16.7 Å². The fourth-order valence-electron chi connectivity index (χ4n) is 8.22. The predicted octanol–water partition coefficient (Wildman–Crippen LogP) is 11.8. The first kappa shape index (κ1) is 31.6. The van der Waals surface area contributed by atoms with Crippen LogP contribution in [-0.4, -0.2) is 4.57 Å². The van der Waals surface area contributed by atoms with Crippen molar-refractivity contribution in [3.8, 4) is 46.1 Å². The van der Waals surface area contributed by atoms with Crippen molar-refractivity contribution in [1.82, 2.24) is 4.57 Å². The number of hydrogen-bond donors (Lipinski definition) is 0. The topological polar surface area (TPSA) is 79.5 Å². The van der Waals surface area contributed by atoms with E-state index in [-0.39, 0.29) is 11.0 Å². The van der Waals surface area contributed by atoms with Crippen molar-refractivity contribution in [1.29, 1.82) is 15.8 Å². The zero-order valence-corrected chi connectivity index (χ0v) is 29.2. The third-order valence-electron chi connectivity index (χ3n) is 10.6. The van der Waals surface area contributed by atoms with E-state index in [0.717, 1.165) is 50.5 Å². The van der Waals surface area contributed by atoms with E-state index in [1.54, 1.807) is 12.1 Å². The molecule has 1 aromatic heterocycles. The molecule has 5 nitrogen and oxygen atoms in total. The van der Waals surface area contributed by atoms with Crippen LogP contribution in [0.25, 0.3) is 49.7 Å². The molecule has 7 aromatic carbocycles. The van der Waals surface area contributed by atoms with Crippen LogP contribution in [0, 0.1) is 34.0 Å². The standard InChI is InChI=1S/C48H31N5/c1-48(2)41-16-5-9-20-45(41)53(46-21-10-6-17-42(46)48)38-26-34(25-37(27-38)52-43-18-7-3-14-39(43)40-15-4-8-19-44(40)52)32-12-11-13-33(24-32)47-35(29-50)22-31(28-49)23-36(47)30-51/h3-27H,1-2H3. The quantitative estimate of drug-likeness (QED) is 0.186. The Bertz CT molecular complexity index is 2790. The maximum Gasteiger partial charge on any atom is 0.0999 e. The number of hydrogen-bond acceptors (Lipinski definition) is 4. The van der Waals surface area contributed by atoms with Crippen molar-refractivity contribution < 1.29 is 0 Å². The molecular weight excluding hydrogens is 647 g/mol. The van der Waals surface area contributed by atoms with Gasteiger partial charge in [-0.05, 0) is 88.5 Å². The van der Waals surface area contributed by atoms with Crippen molar-refractivity contribution in [3.05, 3.63) is 179 Å². The number of rotatable bonds is 4. The molecule has 0 bridgehead atoms. The van der Waals surface area contributed by atoms with E-state index in [2.05, 4.69) is 163 Å². The van der Waals surface area contributed by atoms with E-state index in [4.69, 9.17) is 0 Å². The van der Waals surface area contributed by atoms with Crippen molar-refractivity contribution in [2.75, 3.05) is 4.90 Å². The minimum absolute atomic E-state index is 0.205. The number of nitrogens with zero attached hydrogens (tertiary/aromatic N) is 5. The Hall–Kier alpha value is -7.39. The van der Waals surface area contributed by atoms with Crippen LogP contribution < -0.4 is 4.90 Å². The SMILES string of the molecule is CC1(C)c2ccccc2N(c2cc(-c3cccc(-c4c(C#N)cc(C#N)cc4C#N)c3)cc(-n3c4ccccc4c4ccccc43)c2)c2ccccc21. The van der Waals surface area contributed by atoms with Gasteiger partial charge in [0.15, 0.2) is 0 Å². The number of benzene rings is 7. The van der Waals surface area contributed by atoms with Gasteiger partial charge in [-0.15, -0.1) is 0 Å². The highest BCUT2D eigenvalue weighted by Crippen LogP contribution is 2.52. The molecule has 0 radical (unpaired) electrons. The highest BCUT2D eigenvalue weighted by atomic mass is 15.2. The summed E-state index contributed by atoms with van der Waals surface area (Å²) < 4.78 is 2.34. The molecule has 0 unspecified atom stereocenters. The van der Waals surface area contributed by atoms with Gasteiger partial charge in [-0.3, -0.25) is 0 Å². The summed E-state index contributed by atoms with van der Waals surface area (Å²) >= 11 is 0. The average Bonchev–Trinajstić information content (AvgIpc) is 3.55. The molecule has 1 aliphatic heterocycles. The van der Waals surface area contributed by atoms with E-state index >= 15 is 0 Å². The predicted molar refractivity (Wildman–Crippen MR) is 213 cm³/mol. The molecule has 0 fully saturated rings. The molecule has 9 rings (SSSR count).